The van der Waals surface area contributed by atoms with Crippen LogP contribution in [0.3, 0.4) is 0 Å². The Hall–Kier alpha value is -2.00. The minimum absolute atomic E-state index is 0.650. The van der Waals surface area contributed by atoms with Crippen LogP contribution in [0.2, 0.25) is 5.02 Å². The number of anilines is 1. The Balaban J connectivity index is 2.24. The normalized spacial score (nSPS) is 11.1. The van der Waals surface area contributed by atoms with Crippen molar-refractivity contribution in [3.63, 3.8) is 0 Å². The number of aromatic nitrogens is 2. The first-order valence-corrected chi connectivity index (χ1v) is 6.45. The van der Waals surface area contributed by atoms with Gasteiger partial charge in [-0.05, 0) is 49.2 Å². The average Bonchev–Trinajstić information content (AvgIpc) is 2.70. The van der Waals surface area contributed by atoms with E-state index in [1.807, 2.05) is 54.8 Å². The summed E-state index contributed by atoms with van der Waals surface area (Å²) in [5, 5.41) is 0.752. The maximum absolute atomic E-state index is 6.18. The van der Waals surface area contributed by atoms with E-state index in [2.05, 4.69) is 4.98 Å². The van der Waals surface area contributed by atoms with Crippen LogP contribution in [0.1, 0.15) is 11.1 Å². The molecule has 2 aromatic heterocycles. The molecule has 0 bridgehead atoms. The highest BCUT2D eigenvalue weighted by atomic mass is 35.5. The van der Waals surface area contributed by atoms with Gasteiger partial charge in [-0.3, -0.25) is 4.40 Å². The third-order valence-electron chi connectivity index (χ3n) is 3.25. The number of rotatable bonds is 1. The summed E-state index contributed by atoms with van der Waals surface area (Å²) >= 11 is 6.05. The molecule has 0 saturated heterocycles. The maximum Gasteiger partial charge on any atom is 0.139 e. The molecular weight excluding hydrogens is 258 g/mol. The first kappa shape index (κ1) is 12.1. The monoisotopic (exact) mass is 271 g/mol. The molecule has 3 nitrogen and oxygen atoms in total. The van der Waals surface area contributed by atoms with E-state index in [1.165, 1.54) is 0 Å². The zero-order valence-corrected chi connectivity index (χ0v) is 11.6. The van der Waals surface area contributed by atoms with E-state index < -0.39 is 0 Å². The lowest BCUT2D eigenvalue weighted by molar-refractivity contribution is 1.18. The number of halogens is 1. The zero-order valence-electron chi connectivity index (χ0n) is 10.8. The number of hydrogen-bond donors (Lipinski definition) is 1. The largest absolute Gasteiger partial charge is 0.383 e. The molecule has 3 rings (SSSR count). The third kappa shape index (κ3) is 1.96. The quantitative estimate of drug-likeness (QED) is 0.730. The van der Waals surface area contributed by atoms with Crippen molar-refractivity contribution in [3.8, 4) is 11.3 Å². The van der Waals surface area contributed by atoms with Crippen LogP contribution in [0.4, 0.5) is 5.82 Å². The van der Waals surface area contributed by atoms with Crippen molar-refractivity contribution in [2.45, 2.75) is 13.8 Å². The minimum atomic E-state index is 0.650. The number of fused-ring (bicyclic) bond motifs is 1. The highest BCUT2D eigenvalue weighted by Crippen LogP contribution is 2.29. The van der Waals surface area contributed by atoms with Gasteiger partial charge in [0, 0.05) is 16.8 Å². The Morgan fingerprint density at radius 2 is 1.95 bits per heavy atom. The van der Waals surface area contributed by atoms with E-state index >= 15 is 0 Å². The summed E-state index contributed by atoms with van der Waals surface area (Å²) < 4.78 is 1.90. The molecule has 0 unspecified atom stereocenters. The molecule has 0 radical (unpaired) electrons. The Morgan fingerprint density at radius 1 is 1.16 bits per heavy atom. The lowest BCUT2D eigenvalue weighted by Crippen LogP contribution is -1.94. The second kappa shape index (κ2) is 4.28. The van der Waals surface area contributed by atoms with Gasteiger partial charge in [0.05, 0.1) is 0 Å². The second-order valence-corrected chi connectivity index (χ2v) is 5.15. The van der Waals surface area contributed by atoms with Crippen LogP contribution >= 0.6 is 11.6 Å². The summed E-state index contributed by atoms with van der Waals surface area (Å²) in [6.07, 6.45) is 1.94. The van der Waals surface area contributed by atoms with Gasteiger partial charge < -0.3 is 5.73 Å². The Morgan fingerprint density at radius 3 is 2.68 bits per heavy atom. The van der Waals surface area contributed by atoms with Crippen molar-refractivity contribution in [2.75, 3.05) is 5.73 Å². The highest BCUT2D eigenvalue weighted by Gasteiger charge is 2.11. The molecule has 2 N–H and O–H groups in total. The van der Waals surface area contributed by atoms with Gasteiger partial charge in [0.1, 0.15) is 17.2 Å². The van der Waals surface area contributed by atoms with E-state index in [0.717, 1.165) is 33.1 Å². The van der Waals surface area contributed by atoms with E-state index in [9.17, 15) is 0 Å². The summed E-state index contributed by atoms with van der Waals surface area (Å²) in [6, 6.07) is 9.86. The number of aryl methyl sites for hydroxylation is 2. The van der Waals surface area contributed by atoms with Crippen LogP contribution in [0.5, 0.6) is 0 Å². The van der Waals surface area contributed by atoms with E-state index in [1.54, 1.807) is 0 Å². The lowest BCUT2D eigenvalue weighted by Gasteiger charge is -2.02. The van der Waals surface area contributed by atoms with Crippen molar-refractivity contribution in [1.82, 2.24) is 9.38 Å². The molecule has 0 aliphatic heterocycles. The molecule has 1 aromatic carbocycles. The molecule has 19 heavy (non-hydrogen) atoms. The molecule has 0 saturated carbocycles. The first-order chi connectivity index (χ1) is 9.06. The fourth-order valence-electron chi connectivity index (χ4n) is 2.17. The number of nitrogens with zero attached hydrogens (tertiary/aromatic N) is 2. The number of hydrogen-bond acceptors (Lipinski definition) is 2. The van der Waals surface area contributed by atoms with Gasteiger partial charge in [-0.1, -0.05) is 17.7 Å². The predicted octanol–water partition coefficient (Wildman–Crippen LogP) is 3.85. The van der Waals surface area contributed by atoms with Gasteiger partial charge >= 0.3 is 0 Å². The van der Waals surface area contributed by atoms with Gasteiger partial charge in [-0.15, -0.1) is 0 Å². The molecule has 2 heterocycles. The summed E-state index contributed by atoms with van der Waals surface area (Å²) in [6.45, 7) is 4.01. The molecule has 0 atom stereocenters. The standard InChI is InChI=1S/C15H14ClN3/c1-9-5-6-19-13(7-9)18-14(15(19)17)11-3-4-12(16)10(2)8-11/h3-8H,17H2,1-2H3. The smallest absolute Gasteiger partial charge is 0.139 e. The highest BCUT2D eigenvalue weighted by molar-refractivity contribution is 6.31. The molecular formula is C15H14ClN3. The summed E-state index contributed by atoms with van der Waals surface area (Å²) in [7, 11) is 0. The fraction of sp³-hybridized carbons (Fsp3) is 0.133. The van der Waals surface area contributed by atoms with Crippen LogP contribution in [0.25, 0.3) is 16.9 Å². The molecule has 0 fully saturated rings. The molecule has 4 heteroatoms. The molecule has 0 amide bonds. The molecule has 96 valence electrons. The number of nitrogens with two attached hydrogens (primary N) is 1. The first-order valence-electron chi connectivity index (χ1n) is 6.07. The Kier molecular flexibility index (Phi) is 2.72. The maximum atomic E-state index is 6.18. The van der Waals surface area contributed by atoms with Crippen LogP contribution < -0.4 is 5.73 Å². The van der Waals surface area contributed by atoms with Crippen molar-refractivity contribution >= 4 is 23.1 Å². The van der Waals surface area contributed by atoms with E-state index in [-0.39, 0.29) is 0 Å². The molecule has 0 spiro atoms. The van der Waals surface area contributed by atoms with E-state index in [4.69, 9.17) is 17.3 Å². The zero-order chi connectivity index (χ0) is 13.6. The van der Waals surface area contributed by atoms with Crippen LogP contribution in [0.15, 0.2) is 36.5 Å². The summed E-state index contributed by atoms with van der Waals surface area (Å²) in [5.41, 5.74) is 11.0. The Bertz CT molecular complexity index is 774. The number of benzene rings is 1. The van der Waals surface area contributed by atoms with Crippen molar-refractivity contribution in [2.24, 2.45) is 0 Å². The van der Waals surface area contributed by atoms with Crippen LogP contribution in [-0.2, 0) is 0 Å². The number of nitrogen functional groups attached to an aromatic ring is 1. The van der Waals surface area contributed by atoms with Gasteiger partial charge in [-0.25, -0.2) is 4.98 Å². The van der Waals surface area contributed by atoms with Crippen molar-refractivity contribution in [3.05, 3.63) is 52.7 Å². The molecule has 0 aliphatic carbocycles. The number of imidazole rings is 1. The average molecular weight is 272 g/mol. The number of pyridine rings is 1. The fourth-order valence-corrected chi connectivity index (χ4v) is 2.29. The lowest BCUT2D eigenvalue weighted by atomic mass is 10.1. The topological polar surface area (TPSA) is 43.3 Å². The van der Waals surface area contributed by atoms with Gasteiger partial charge in [0.25, 0.3) is 0 Å². The third-order valence-corrected chi connectivity index (χ3v) is 3.67. The SMILES string of the molecule is Cc1ccn2c(N)c(-c3ccc(Cl)c(C)c3)nc2c1. The molecule has 3 aromatic rings. The van der Waals surface area contributed by atoms with Crippen LogP contribution in [-0.4, -0.2) is 9.38 Å². The van der Waals surface area contributed by atoms with Gasteiger partial charge in [0.15, 0.2) is 0 Å². The second-order valence-electron chi connectivity index (χ2n) is 4.74. The Labute approximate surface area is 116 Å². The van der Waals surface area contributed by atoms with Crippen molar-refractivity contribution in [1.29, 1.82) is 0 Å². The van der Waals surface area contributed by atoms with Gasteiger partial charge in [0.2, 0.25) is 0 Å². The summed E-state index contributed by atoms with van der Waals surface area (Å²) in [4.78, 5) is 4.61. The minimum Gasteiger partial charge on any atom is -0.383 e. The van der Waals surface area contributed by atoms with Gasteiger partial charge in [-0.2, -0.15) is 0 Å². The summed E-state index contributed by atoms with van der Waals surface area (Å²) in [5.74, 6) is 0.650. The van der Waals surface area contributed by atoms with Crippen LogP contribution in [0, 0.1) is 13.8 Å². The van der Waals surface area contributed by atoms with Crippen molar-refractivity contribution < 1.29 is 0 Å². The van der Waals surface area contributed by atoms with E-state index in [0.29, 0.717) is 5.82 Å². The molecule has 0 aliphatic rings. The predicted molar refractivity (Wildman–Crippen MR) is 79.5 cm³/mol.